The number of ether oxygens (including phenoxy) is 1. The molecule has 7 heteroatoms. The van der Waals surface area contributed by atoms with Crippen LogP contribution in [0.5, 0.6) is 0 Å². The Hall–Kier alpha value is -1.63. The lowest BCUT2D eigenvalue weighted by molar-refractivity contribution is -0.118. The maximum atomic E-state index is 11.6. The number of rotatable bonds is 5. The van der Waals surface area contributed by atoms with Crippen molar-refractivity contribution in [2.75, 3.05) is 19.0 Å². The van der Waals surface area contributed by atoms with Crippen LogP contribution in [-0.2, 0) is 9.53 Å². The second-order valence-electron chi connectivity index (χ2n) is 3.58. The number of carboxylic acid groups (broad SMARTS) is 1. The first-order valence-electron chi connectivity index (χ1n) is 5.03. The molecule has 1 aromatic carbocycles. The molecule has 0 saturated heterocycles. The van der Waals surface area contributed by atoms with Crippen molar-refractivity contribution in [1.82, 2.24) is 0 Å². The molecule has 0 saturated carbocycles. The molecule has 1 atom stereocenters. The van der Waals surface area contributed by atoms with E-state index < -0.39 is 17.9 Å². The highest BCUT2D eigenvalue weighted by Crippen LogP contribution is 2.19. The predicted molar refractivity (Wildman–Crippen MR) is 66.9 cm³/mol. The van der Waals surface area contributed by atoms with Gasteiger partial charge in [0, 0.05) is 17.8 Å². The van der Waals surface area contributed by atoms with Crippen molar-refractivity contribution in [2.45, 2.75) is 6.04 Å². The van der Waals surface area contributed by atoms with Crippen molar-refractivity contribution in [3.8, 4) is 0 Å². The fourth-order valence-electron chi connectivity index (χ4n) is 1.28. The third kappa shape index (κ3) is 3.99. The SMILES string of the molecule is COCC(N)C(=O)Nc1cc(Cl)cc(C(=O)O)c1. The van der Waals surface area contributed by atoms with Gasteiger partial charge in [0.15, 0.2) is 0 Å². The monoisotopic (exact) mass is 272 g/mol. The molecular formula is C11H13ClN2O4. The highest BCUT2D eigenvalue weighted by molar-refractivity contribution is 6.31. The van der Waals surface area contributed by atoms with E-state index in [4.69, 9.17) is 27.2 Å². The van der Waals surface area contributed by atoms with Crippen molar-refractivity contribution in [3.05, 3.63) is 28.8 Å². The number of halogens is 1. The summed E-state index contributed by atoms with van der Waals surface area (Å²) in [6.07, 6.45) is 0. The number of nitrogens with one attached hydrogen (secondary N) is 1. The number of benzene rings is 1. The number of methoxy groups -OCH3 is 1. The van der Waals surface area contributed by atoms with Crippen LogP contribution >= 0.6 is 11.6 Å². The van der Waals surface area contributed by atoms with Crippen molar-refractivity contribution in [3.63, 3.8) is 0 Å². The summed E-state index contributed by atoms with van der Waals surface area (Å²) in [7, 11) is 1.43. The summed E-state index contributed by atoms with van der Waals surface area (Å²) in [6, 6.07) is 3.19. The van der Waals surface area contributed by atoms with Crippen LogP contribution in [0, 0.1) is 0 Å². The van der Waals surface area contributed by atoms with Crippen molar-refractivity contribution in [1.29, 1.82) is 0 Å². The molecule has 18 heavy (non-hydrogen) atoms. The molecule has 98 valence electrons. The summed E-state index contributed by atoms with van der Waals surface area (Å²) in [5.41, 5.74) is 5.78. The van der Waals surface area contributed by atoms with Gasteiger partial charge in [0.1, 0.15) is 6.04 Å². The van der Waals surface area contributed by atoms with Gasteiger partial charge >= 0.3 is 5.97 Å². The standard InChI is InChI=1S/C11H13ClN2O4/c1-18-5-9(13)10(15)14-8-3-6(11(16)17)2-7(12)4-8/h2-4,9H,5,13H2,1H3,(H,14,15)(H,16,17). The van der Waals surface area contributed by atoms with Crippen LogP contribution in [-0.4, -0.2) is 36.7 Å². The fraction of sp³-hybridized carbons (Fsp3) is 0.273. The number of carbonyl (C=O) groups excluding carboxylic acids is 1. The number of hydrogen-bond acceptors (Lipinski definition) is 4. The van der Waals surface area contributed by atoms with Gasteiger partial charge in [0.25, 0.3) is 0 Å². The molecule has 1 amide bonds. The lowest BCUT2D eigenvalue weighted by Crippen LogP contribution is -2.39. The van der Waals surface area contributed by atoms with E-state index in [9.17, 15) is 9.59 Å². The Labute approximate surface area is 109 Å². The van der Waals surface area contributed by atoms with Gasteiger partial charge in [-0.05, 0) is 18.2 Å². The van der Waals surface area contributed by atoms with Gasteiger partial charge in [-0.3, -0.25) is 4.79 Å². The minimum atomic E-state index is -1.13. The first-order chi connectivity index (χ1) is 8.43. The molecule has 1 aromatic rings. The quantitative estimate of drug-likeness (QED) is 0.741. The maximum absolute atomic E-state index is 11.6. The number of nitrogens with two attached hydrogens (primary N) is 1. The second kappa shape index (κ2) is 6.34. The number of amides is 1. The number of carboxylic acids is 1. The van der Waals surface area contributed by atoms with E-state index in [1.165, 1.54) is 25.3 Å². The first kappa shape index (κ1) is 14.4. The van der Waals surface area contributed by atoms with Crippen LogP contribution in [0.15, 0.2) is 18.2 Å². The van der Waals surface area contributed by atoms with E-state index in [1.54, 1.807) is 0 Å². The molecule has 0 aromatic heterocycles. The number of aromatic carboxylic acids is 1. The molecule has 0 bridgehead atoms. The summed E-state index contributed by atoms with van der Waals surface area (Å²) in [6.45, 7) is 0.0676. The zero-order valence-electron chi connectivity index (χ0n) is 9.64. The van der Waals surface area contributed by atoms with E-state index in [1.807, 2.05) is 0 Å². The highest BCUT2D eigenvalue weighted by atomic mass is 35.5. The van der Waals surface area contributed by atoms with E-state index >= 15 is 0 Å². The van der Waals surface area contributed by atoms with Gasteiger partial charge in [-0.2, -0.15) is 0 Å². The van der Waals surface area contributed by atoms with E-state index in [-0.39, 0.29) is 22.9 Å². The van der Waals surface area contributed by atoms with Gasteiger partial charge in [0.05, 0.1) is 12.2 Å². The number of anilines is 1. The van der Waals surface area contributed by atoms with Crippen LogP contribution in [0.3, 0.4) is 0 Å². The van der Waals surface area contributed by atoms with Gasteiger partial charge in [0.2, 0.25) is 5.91 Å². The Morgan fingerprint density at radius 2 is 2.17 bits per heavy atom. The minimum absolute atomic E-state index is 0.0156. The summed E-state index contributed by atoms with van der Waals surface area (Å²) in [4.78, 5) is 22.4. The van der Waals surface area contributed by atoms with E-state index in [0.717, 1.165) is 0 Å². The van der Waals surface area contributed by atoms with Crippen LogP contribution in [0.1, 0.15) is 10.4 Å². The number of hydrogen-bond donors (Lipinski definition) is 3. The number of carbonyl (C=O) groups is 2. The van der Waals surface area contributed by atoms with Gasteiger partial charge in [-0.15, -0.1) is 0 Å². The highest BCUT2D eigenvalue weighted by Gasteiger charge is 2.14. The van der Waals surface area contributed by atoms with Gasteiger partial charge < -0.3 is 20.9 Å². The molecule has 1 rings (SSSR count). The van der Waals surface area contributed by atoms with Gasteiger partial charge in [-0.25, -0.2) is 4.79 Å². The third-order valence-corrected chi connectivity index (χ3v) is 2.31. The molecule has 0 aliphatic rings. The molecule has 6 nitrogen and oxygen atoms in total. The van der Waals surface area contributed by atoms with Crippen molar-refractivity contribution in [2.24, 2.45) is 5.73 Å². The molecule has 0 aliphatic carbocycles. The summed E-state index contributed by atoms with van der Waals surface area (Å²) in [5.74, 6) is -1.61. The zero-order chi connectivity index (χ0) is 13.7. The Morgan fingerprint density at radius 1 is 1.50 bits per heavy atom. The first-order valence-corrected chi connectivity index (χ1v) is 5.41. The van der Waals surface area contributed by atoms with Crippen LogP contribution in [0.2, 0.25) is 5.02 Å². The molecule has 1 unspecified atom stereocenters. The molecule has 0 aliphatic heterocycles. The average Bonchev–Trinajstić information content (AvgIpc) is 2.28. The predicted octanol–water partition coefficient (Wildman–Crippen LogP) is 0.950. The molecule has 0 spiro atoms. The maximum Gasteiger partial charge on any atom is 0.335 e. The van der Waals surface area contributed by atoms with E-state index in [2.05, 4.69) is 5.32 Å². The zero-order valence-corrected chi connectivity index (χ0v) is 10.4. The lowest BCUT2D eigenvalue weighted by atomic mass is 10.2. The van der Waals surface area contributed by atoms with Crippen LogP contribution in [0.25, 0.3) is 0 Å². The average molecular weight is 273 g/mol. The van der Waals surface area contributed by atoms with E-state index in [0.29, 0.717) is 0 Å². The van der Waals surface area contributed by atoms with Crippen molar-refractivity contribution >= 4 is 29.2 Å². The summed E-state index contributed by atoms with van der Waals surface area (Å²) >= 11 is 5.75. The Morgan fingerprint density at radius 3 is 2.72 bits per heavy atom. The normalized spacial score (nSPS) is 11.9. The van der Waals surface area contributed by atoms with Gasteiger partial charge in [-0.1, -0.05) is 11.6 Å². The second-order valence-corrected chi connectivity index (χ2v) is 4.02. The summed E-state index contributed by atoms with van der Waals surface area (Å²) in [5, 5.41) is 11.5. The largest absolute Gasteiger partial charge is 0.478 e. The minimum Gasteiger partial charge on any atom is -0.478 e. The molecular weight excluding hydrogens is 260 g/mol. The van der Waals surface area contributed by atoms with Crippen molar-refractivity contribution < 1.29 is 19.4 Å². The fourth-order valence-corrected chi connectivity index (χ4v) is 1.51. The van der Waals surface area contributed by atoms with Crippen LogP contribution in [0.4, 0.5) is 5.69 Å². The Balaban J connectivity index is 2.84. The molecule has 0 fully saturated rings. The molecule has 4 N–H and O–H groups in total. The Kier molecular flexibility index (Phi) is 5.08. The molecule has 0 radical (unpaired) electrons. The smallest absolute Gasteiger partial charge is 0.335 e. The Bertz CT molecular complexity index is 464. The topological polar surface area (TPSA) is 102 Å². The molecule has 0 heterocycles. The van der Waals surface area contributed by atoms with Crippen LogP contribution < -0.4 is 11.1 Å². The lowest BCUT2D eigenvalue weighted by Gasteiger charge is -2.11. The summed E-state index contributed by atoms with van der Waals surface area (Å²) < 4.78 is 4.74. The third-order valence-electron chi connectivity index (χ3n) is 2.10.